The Bertz CT molecular complexity index is 520. The van der Waals surface area contributed by atoms with Crippen LogP contribution in [0.3, 0.4) is 0 Å². The third kappa shape index (κ3) is 2.99. The summed E-state index contributed by atoms with van der Waals surface area (Å²) in [6.45, 7) is 2.68. The highest BCUT2D eigenvalue weighted by Crippen LogP contribution is 2.13. The third-order valence-electron chi connectivity index (χ3n) is 2.79. The van der Waals surface area contributed by atoms with Gasteiger partial charge in [-0.05, 0) is 36.8 Å². The Kier molecular flexibility index (Phi) is 3.79. The predicted molar refractivity (Wildman–Crippen MR) is 68.9 cm³/mol. The number of nitrogens with two attached hydrogens (primary N) is 1. The van der Waals surface area contributed by atoms with Gasteiger partial charge in [-0.15, -0.1) is 0 Å². The minimum absolute atomic E-state index is 0.122. The quantitative estimate of drug-likeness (QED) is 0.847. The van der Waals surface area contributed by atoms with Gasteiger partial charge in [0.2, 0.25) is 5.91 Å². The maximum Gasteiger partial charge on any atom is 0.248 e. The van der Waals surface area contributed by atoms with Gasteiger partial charge in [0, 0.05) is 12.1 Å². The van der Waals surface area contributed by atoms with Gasteiger partial charge < -0.3 is 15.5 Å². The van der Waals surface area contributed by atoms with Crippen molar-refractivity contribution < 1.29 is 9.21 Å². The predicted octanol–water partition coefficient (Wildman–Crippen LogP) is 2.23. The molecule has 1 aromatic carbocycles. The summed E-state index contributed by atoms with van der Waals surface area (Å²) in [6.07, 6.45) is 1.65. The van der Waals surface area contributed by atoms with Gasteiger partial charge in [-0.1, -0.05) is 12.1 Å². The smallest absolute Gasteiger partial charge is 0.248 e. The van der Waals surface area contributed by atoms with Crippen molar-refractivity contribution in [2.24, 2.45) is 5.73 Å². The number of nitrogens with one attached hydrogen (secondary N) is 1. The summed E-state index contributed by atoms with van der Waals surface area (Å²) in [5, 5.41) is 3.32. The third-order valence-corrected chi connectivity index (χ3v) is 2.79. The highest BCUT2D eigenvalue weighted by Gasteiger charge is 2.07. The van der Waals surface area contributed by atoms with Crippen LogP contribution in [0.2, 0.25) is 0 Å². The van der Waals surface area contributed by atoms with Crippen molar-refractivity contribution in [3.8, 4) is 0 Å². The molecule has 1 atom stereocenters. The van der Waals surface area contributed by atoms with Gasteiger partial charge >= 0.3 is 0 Å². The van der Waals surface area contributed by atoms with E-state index in [1.54, 1.807) is 18.4 Å². The lowest BCUT2D eigenvalue weighted by Gasteiger charge is -2.11. The van der Waals surface area contributed by atoms with Crippen LogP contribution in [0.5, 0.6) is 0 Å². The first-order valence-electron chi connectivity index (χ1n) is 5.82. The highest BCUT2D eigenvalue weighted by atomic mass is 16.3. The summed E-state index contributed by atoms with van der Waals surface area (Å²) >= 11 is 0. The van der Waals surface area contributed by atoms with Crippen LogP contribution >= 0.6 is 0 Å². The van der Waals surface area contributed by atoms with Crippen molar-refractivity contribution in [2.75, 3.05) is 0 Å². The van der Waals surface area contributed by atoms with Gasteiger partial charge in [0.25, 0.3) is 0 Å². The van der Waals surface area contributed by atoms with E-state index in [0.29, 0.717) is 12.1 Å². The molecule has 4 heteroatoms. The lowest BCUT2D eigenvalue weighted by atomic mass is 10.1. The molecule has 4 nitrogen and oxygen atoms in total. The van der Waals surface area contributed by atoms with Crippen molar-refractivity contribution in [1.82, 2.24) is 5.32 Å². The van der Waals surface area contributed by atoms with E-state index in [1.807, 2.05) is 31.2 Å². The van der Waals surface area contributed by atoms with Crippen molar-refractivity contribution in [3.05, 3.63) is 59.5 Å². The summed E-state index contributed by atoms with van der Waals surface area (Å²) in [5.41, 5.74) is 6.79. The first-order chi connectivity index (χ1) is 8.66. The van der Waals surface area contributed by atoms with Gasteiger partial charge in [-0.2, -0.15) is 0 Å². The van der Waals surface area contributed by atoms with Crippen LogP contribution in [0, 0.1) is 0 Å². The molecule has 0 aliphatic carbocycles. The Hall–Kier alpha value is -2.07. The Labute approximate surface area is 106 Å². The lowest BCUT2D eigenvalue weighted by Crippen LogP contribution is -2.18. The molecule has 0 aliphatic rings. The van der Waals surface area contributed by atoms with Crippen LogP contribution < -0.4 is 11.1 Å². The van der Waals surface area contributed by atoms with Crippen LogP contribution in [0.25, 0.3) is 0 Å². The normalized spacial score (nSPS) is 12.3. The highest BCUT2D eigenvalue weighted by molar-refractivity contribution is 5.92. The van der Waals surface area contributed by atoms with Gasteiger partial charge in [-0.25, -0.2) is 0 Å². The van der Waals surface area contributed by atoms with E-state index >= 15 is 0 Å². The molecular formula is C14H16N2O2. The number of benzene rings is 1. The van der Waals surface area contributed by atoms with Crippen molar-refractivity contribution in [1.29, 1.82) is 0 Å². The molecule has 2 aromatic rings. The molecule has 94 valence electrons. The minimum atomic E-state index is -0.407. The molecule has 18 heavy (non-hydrogen) atoms. The van der Waals surface area contributed by atoms with E-state index in [2.05, 4.69) is 5.32 Å². The Balaban J connectivity index is 1.98. The van der Waals surface area contributed by atoms with Crippen molar-refractivity contribution in [2.45, 2.75) is 19.5 Å². The maximum absolute atomic E-state index is 11.1. The molecule has 3 N–H and O–H groups in total. The summed E-state index contributed by atoms with van der Waals surface area (Å²) in [5.74, 6) is 0.483. The second-order valence-corrected chi connectivity index (χ2v) is 4.18. The minimum Gasteiger partial charge on any atom is -0.468 e. The van der Waals surface area contributed by atoms with Crippen LogP contribution in [0.1, 0.15) is 34.6 Å². The molecule has 0 bridgehead atoms. The van der Waals surface area contributed by atoms with Crippen molar-refractivity contribution >= 4 is 5.91 Å². The molecule has 0 unspecified atom stereocenters. The molecule has 1 aromatic heterocycles. The number of primary amides is 1. The number of rotatable bonds is 5. The zero-order chi connectivity index (χ0) is 13.0. The van der Waals surface area contributed by atoms with Gasteiger partial charge in [0.1, 0.15) is 5.76 Å². The molecule has 0 saturated carbocycles. The molecule has 1 amide bonds. The van der Waals surface area contributed by atoms with E-state index in [1.165, 1.54) is 0 Å². The molecule has 0 aliphatic heterocycles. The molecular weight excluding hydrogens is 228 g/mol. The topological polar surface area (TPSA) is 68.3 Å². The molecule has 0 spiro atoms. The molecule has 0 saturated heterocycles. The zero-order valence-corrected chi connectivity index (χ0v) is 10.2. The number of furan rings is 1. The lowest BCUT2D eigenvalue weighted by molar-refractivity contribution is 0.1000. The largest absolute Gasteiger partial charge is 0.468 e. The number of carbonyl (C=O) groups is 1. The number of hydrogen-bond acceptors (Lipinski definition) is 3. The SMILES string of the molecule is C[C@@H](NCc1cccc(C(N)=O)c1)c1ccco1. The fourth-order valence-electron chi connectivity index (χ4n) is 1.74. The molecule has 0 fully saturated rings. The molecule has 1 heterocycles. The number of carbonyl (C=O) groups excluding carboxylic acids is 1. The van der Waals surface area contributed by atoms with E-state index in [0.717, 1.165) is 11.3 Å². The fourth-order valence-corrected chi connectivity index (χ4v) is 1.74. The van der Waals surface area contributed by atoms with Gasteiger partial charge in [0.15, 0.2) is 0 Å². The maximum atomic E-state index is 11.1. The Morgan fingerprint density at radius 1 is 1.39 bits per heavy atom. The second kappa shape index (κ2) is 5.51. The van der Waals surface area contributed by atoms with Gasteiger partial charge in [0.05, 0.1) is 12.3 Å². The molecule has 2 rings (SSSR count). The van der Waals surface area contributed by atoms with E-state index < -0.39 is 5.91 Å². The average Bonchev–Trinajstić information content (AvgIpc) is 2.90. The first kappa shape index (κ1) is 12.4. The van der Waals surface area contributed by atoms with Crippen molar-refractivity contribution in [3.63, 3.8) is 0 Å². The van der Waals surface area contributed by atoms with E-state index in [-0.39, 0.29) is 6.04 Å². The second-order valence-electron chi connectivity index (χ2n) is 4.18. The Morgan fingerprint density at radius 3 is 2.89 bits per heavy atom. The average molecular weight is 244 g/mol. The number of amides is 1. The summed E-state index contributed by atoms with van der Waals surface area (Å²) in [7, 11) is 0. The van der Waals surface area contributed by atoms with Crippen LogP contribution in [0.4, 0.5) is 0 Å². The van der Waals surface area contributed by atoms with Gasteiger partial charge in [-0.3, -0.25) is 4.79 Å². The van der Waals surface area contributed by atoms with Crippen LogP contribution in [-0.4, -0.2) is 5.91 Å². The first-order valence-corrected chi connectivity index (χ1v) is 5.82. The number of hydrogen-bond donors (Lipinski definition) is 2. The van der Waals surface area contributed by atoms with E-state index in [4.69, 9.17) is 10.2 Å². The van der Waals surface area contributed by atoms with E-state index in [9.17, 15) is 4.79 Å². The van der Waals surface area contributed by atoms with Crippen LogP contribution in [-0.2, 0) is 6.54 Å². The summed E-state index contributed by atoms with van der Waals surface area (Å²) in [6, 6.07) is 11.2. The Morgan fingerprint density at radius 2 is 2.22 bits per heavy atom. The fraction of sp³-hybridized carbons (Fsp3) is 0.214. The monoisotopic (exact) mass is 244 g/mol. The summed E-state index contributed by atoms with van der Waals surface area (Å²) < 4.78 is 5.31. The standard InChI is InChI=1S/C14H16N2O2/c1-10(13-6-3-7-18-13)16-9-11-4-2-5-12(8-11)14(15)17/h2-8,10,16H,9H2,1H3,(H2,15,17)/t10-/m1/s1. The zero-order valence-electron chi connectivity index (χ0n) is 10.2. The van der Waals surface area contributed by atoms with Crippen LogP contribution in [0.15, 0.2) is 47.1 Å². The summed E-state index contributed by atoms with van der Waals surface area (Å²) in [4.78, 5) is 11.1. The molecule has 0 radical (unpaired) electrons.